The van der Waals surface area contributed by atoms with Crippen LogP contribution < -0.4 is 11.2 Å². The zero-order valence-electron chi connectivity index (χ0n) is 20.5. The first-order chi connectivity index (χ1) is 15.6. The van der Waals surface area contributed by atoms with Crippen molar-refractivity contribution in [2.75, 3.05) is 13.1 Å². The summed E-state index contributed by atoms with van der Waals surface area (Å²) in [5.74, 6) is -1.64. The molecule has 184 valence electrons. The predicted octanol–water partition coefficient (Wildman–Crippen LogP) is 3.22. The van der Waals surface area contributed by atoms with E-state index in [-0.39, 0.29) is 49.6 Å². The van der Waals surface area contributed by atoms with Crippen LogP contribution in [0.15, 0.2) is 36.4 Å². The number of carbonyl (C=O) groups excluding carboxylic acids is 3. The first-order valence-electron chi connectivity index (χ1n) is 11.6. The average molecular weight is 461 g/mol. The van der Waals surface area contributed by atoms with E-state index in [0.29, 0.717) is 6.42 Å². The maximum absolute atomic E-state index is 13.4. The van der Waals surface area contributed by atoms with E-state index in [9.17, 15) is 19.6 Å². The Morgan fingerprint density at radius 3 is 2.21 bits per heavy atom. The molecule has 0 radical (unpaired) electrons. The Morgan fingerprint density at radius 1 is 1.06 bits per heavy atom. The van der Waals surface area contributed by atoms with E-state index in [1.807, 2.05) is 64.1 Å². The van der Waals surface area contributed by atoms with Gasteiger partial charge in [0.1, 0.15) is 6.04 Å². The zero-order chi connectivity index (χ0) is 25.0. The highest BCUT2D eigenvalue weighted by Crippen LogP contribution is 2.19. The van der Waals surface area contributed by atoms with Gasteiger partial charge < -0.3 is 5.73 Å². The number of amides is 3. The van der Waals surface area contributed by atoms with Crippen molar-refractivity contribution in [1.82, 2.24) is 15.5 Å². The van der Waals surface area contributed by atoms with E-state index in [1.165, 1.54) is 10.0 Å². The topological polar surface area (TPSA) is 116 Å². The van der Waals surface area contributed by atoms with Crippen molar-refractivity contribution < 1.29 is 19.6 Å². The zero-order valence-corrected chi connectivity index (χ0v) is 20.5. The van der Waals surface area contributed by atoms with Crippen molar-refractivity contribution in [1.29, 1.82) is 0 Å². The lowest BCUT2D eigenvalue weighted by molar-refractivity contribution is -0.177. The van der Waals surface area contributed by atoms with Gasteiger partial charge in [-0.15, -0.1) is 0 Å². The normalized spacial score (nSPS) is 13.2. The second-order valence-corrected chi connectivity index (χ2v) is 9.16. The van der Waals surface area contributed by atoms with Crippen molar-refractivity contribution in [3.05, 3.63) is 42.0 Å². The molecule has 4 N–H and O–H groups in total. The summed E-state index contributed by atoms with van der Waals surface area (Å²) in [5.41, 5.74) is 8.35. The number of hydrazine groups is 1. The second kappa shape index (κ2) is 14.4. The lowest BCUT2D eigenvalue weighted by Gasteiger charge is -2.41. The second-order valence-electron chi connectivity index (χ2n) is 9.16. The number of nitrogens with one attached hydrogen (secondary N) is 1. The number of hydrogen-bond donors (Lipinski definition) is 3. The molecular weight excluding hydrogens is 420 g/mol. The monoisotopic (exact) mass is 460 g/mol. The molecule has 1 aromatic rings. The van der Waals surface area contributed by atoms with Gasteiger partial charge in [0.25, 0.3) is 5.91 Å². The molecule has 0 aliphatic rings. The average Bonchev–Trinajstić information content (AvgIpc) is 2.79. The molecule has 2 atom stereocenters. The molecule has 0 fully saturated rings. The number of carbonyl (C=O) groups is 3. The fourth-order valence-corrected chi connectivity index (χ4v) is 3.28. The van der Waals surface area contributed by atoms with Gasteiger partial charge in [0.15, 0.2) is 0 Å². The summed E-state index contributed by atoms with van der Waals surface area (Å²) >= 11 is 0. The van der Waals surface area contributed by atoms with Crippen molar-refractivity contribution in [3.8, 4) is 0 Å². The molecule has 0 aliphatic carbocycles. The molecule has 8 nitrogen and oxygen atoms in total. The Balaban J connectivity index is 3.40. The number of rotatable bonds is 12. The smallest absolute Gasteiger partial charge is 0.268 e. The van der Waals surface area contributed by atoms with Gasteiger partial charge in [-0.3, -0.25) is 24.6 Å². The molecule has 8 heteroatoms. The van der Waals surface area contributed by atoms with Crippen molar-refractivity contribution in [2.24, 2.45) is 23.5 Å². The highest BCUT2D eigenvalue weighted by Gasteiger charge is 2.37. The molecule has 0 saturated carbocycles. The van der Waals surface area contributed by atoms with Crippen LogP contribution in [0.4, 0.5) is 0 Å². The van der Waals surface area contributed by atoms with Crippen LogP contribution >= 0.6 is 0 Å². The predicted molar refractivity (Wildman–Crippen MR) is 129 cm³/mol. The minimum atomic E-state index is -1.10. The van der Waals surface area contributed by atoms with E-state index >= 15 is 0 Å². The van der Waals surface area contributed by atoms with Crippen LogP contribution in [0.3, 0.4) is 0 Å². The maximum atomic E-state index is 13.4. The molecule has 0 aromatic heterocycles. The van der Waals surface area contributed by atoms with Gasteiger partial charge in [-0.05, 0) is 30.2 Å². The van der Waals surface area contributed by atoms with Crippen LogP contribution in [0.1, 0.15) is 59.4 Å². The first kappa shape index (κ1) is 28.3. The molecule has 1 aromatic carbocycles. The molecule has 3 amide bonds. The molecule has 0 unspecified atom stereocenters. The van der Waals surface area contributed by atoms with E-state index in [2.05, 4.69) is 0 Å². The van der Waals surface area contributed by atoms with Gasteiger partial charge in [0.2, 0.25) is 11.8 Å². The van der Waals surface area contributed by atoms with Crippen molar-refractivity contribution >= 4 is 23.8 Å². The van der Waals surface area contributed by atoms with E-state index < -0.39 is 17.9 Å². The third kappa shape index (κ3) is 9.35. The van der Waals surface area contributed by atoms with Gasteiger partial charge in [-0.25, -0.2) is 10.5 Å². The Labute approximate surface area is 197 Å². The summed E-state index contributed by atoms with van der Waals surface area (Å²) in [4.78, 5) is 39.4. The van der Waals surface area contributed by atoms with E-state index in [0.717, 1.165) is 5.56 Å². The quantitative estimate of drug-likeness (QED) is 0.327. The van der Waals surface area contributed by atoms with Crippen molar-refractivity contribution in [2.45, 2.75) is 59.9 Å². The van der Waals surface area contributed by atoms with E-state index in [1.54, 1.807) is 18.5 Å². The number of hydroxylamine groups is 1. The summed E-state index contributed by atoms with van der Waals surface area (Å²) < 4.78 is 0. The lowest BCUT2D eigenvalue weighted by Crippen LogP contribution is -2.60. The summed E-state index contributed by atoms with van der Waals surface area (Å²) in [5, 5.41) is 12.0. The molecule has 33 heavy (non-hydrogen) atoms. The molecule has 1 rings (SSSR count). The number of benzene rings is 1. The van der Waals surface area contributed by atoms with Crippen LogP contribution in [0.25, 0.3) is 6.08 Å². The molecule has 0 bridgehead atoms. The largest absolute Gasteiger partial charge is 0.330 e. The van der Waals surface area contributed by atoms with Gasteiger partial charge in [0.05, 0.1) is 0 Å². The van der Waals surface area contributed by atoms with Crippen LogP contribution in [-0.4, -0.2) is 52.1 Å². The van der Waals surface area contributed by atoms with Crippen LogP contribution in [-0.2, 0) is 14.4 Å². The molecule has 0 heterocycles. The van der Waals surface area contributed by atoms with Crippen LogP contribution in [0, 0.1) is 17.8 Å². The third-order valence-corrected chi connectivity index (χ3v) is 5.20. The first-order valence-corrected chi connectivity index (χ1v) is 11.6. The Hall–Kier alpha value is -2.71. The fourth-order valence-electron chi connectivity index (χ4n) is 3.28. The Kier molecular flexibility index (Phi) is 12.4. The van der Waals surface area contributed by atoms with Crippen molar-refractivity contribution in [3.63, 3.8) is 0 Å². The number of nitrogens with two attached hydrogens (primary N) is 1. The van der Waals surface area contributed by atoms with Gasteiger partial charge in [-0.2, -0.15) is 0 Å². The molecule has 0 saturated heterocycles. The van der Waals surface area contributed by atoms with E-state index in [4.69, 9.17) is 5.73 Å². The number of nitrogens with zero attached hydrogens (tertiary/aromatic N) is 2. The highest BCUT2D eigenvalue weighted by molar-refractivity contribution is 5.89. The van der Waals surface area contributed by atoms with Crippen LogP contribution in [0.5, 0.6) is 0 Å². The Bertz CT molecular complexity index is 780. The van der Waals surface area contributed by atoms with Gasteiger partial charge in [0, 0.05) is 25.4 Å². The van der Waals surface area contributed by atoms with Gasteiger partial charge >= 0.3 is 0 Å². The van der Waals surface area contributed by atoms with Crippen LogP contribution in [0.2, 0.25) is 0 Å². The third-order valence-electron chi connectivity index (χ3n) is 5.20. The van der Waals surface area contributed by atoms with Gasteiger partial charge in [-0.1, -0.05) is 77.1 Å². The SMILES string of the molecule is CC(C)CCC(=O)N([C@@H](CC=Cc1ccccc1)C(=O)NO)N(CC(C)C)C(=O)[C@H](C)CN. The maximum Gasteiger partial charge on any atom is 0.268 e. The summed E-state index contributed by atoms with van der Waals surface area (Å²) in [6, 6.07) is 8.44. The standard InChI is InChI=1S/C25H40N4O4/c1-18(2)14-15-23(30)29(28(17-19(3)4)25(32)20(5)16-26)22(24(31)27-33)13-9-12-21-10-7-6-8-11-21/h6-12,18-20,22,33H,13-17,26H2,1-5H3,(H,27,31)/t20-,22+/m1/s1. The fraction of sp³-hybridized carbons (Fsp3) is 0.560. The molecular formula is C25H40N4O4. The number of hydrogen-bond acceptors (Lipinski definition) is 5. The summed E-state index contributed by atoms with van der Waals surface area (Å²) in [7, 11) is 0. The highest BCUT2D eigenvalue weighted by atomic mass is 16.5. The Morgan fingerprint density at radius 2 is 1.70 bits per heavy atom. The summed E-state index contributed by atoms with van der Waals surface area (Å²) in [6.07, 6.45) is 4.51. The minimum absolute atomic E-state index is 0.0389. The molecule has 0 aliphatic heterocycles. The minimum Gasteiger partial charge on any atom is -0.330 e. The molecule has 0 spiro atoms. The summed E-state index contributed by atoms with van der Waals surface area (Å²) in [6.45, 7) is 9.93. The lowest BCUT2D eigenvalue weighted by atomic mass is 10.1.